The SMILES string of the molecule is CCc1ccc2nc(N3C(=O)C(=O)/C(=C(/O)c4ccc(OC)cc4)C3c3ccc(O)cc3)sc2c1. The molecule has 0 spiro atoms. The molecule has 0 bridgehead atoms. The highest BCUT2D eigenvalue weighted by Gasteiger charge is 2.48. The number of aromatic hydroxyl groups is 1. The summed E-state index contributed by atoms with van der Waals surface area (Å²) in [5, 5.41) is 21.4. The third-order valence-corrected chi connectivity index (χ3v) is 7.09. The van der Waals surface area contributed by atoms with E-state index >= 15 is 0 Å². The zero-order valence-electron chi connectivity index (χ0n) is 19.1. The van der Waals surface area contributed by atoms with E-state index in [1.54, 1.807) is 36.4 Å². The van der Waals surface area contributed by atoms with Gasteiger partial charge in [-0.05, 0) is 66.1 Å². The summed E-state index contributed by atoms with van der Waals surface area (Å²) in [5.74, 6) is -1.22. The van der Waals surface area contributed by atoms with Crippen LogP contribution in [0, 0.1) is 0 Å². The van der Waals surface area contributed by atoms with Crippen LogP contribution in [0.5, 0.6) is 11.5 Å². The van der Waals surface area contributed by atoms with E-state index in [-0.39, 0.29) is 17.1 Å². The molecule has 1 aromatic heterocycles. The minimum atomic E-state index is -0.913. The van der Waals surface area contributed by atoms with Crippen molar-refractivity contribution >= 4 is 44.1 Å². The van der Waals surface area contributed by atoms with Crippen molar-refractivity contribution in [2.45, 2.75) is 19.4 Å². The van der Waals surface area contributed by atoms with Crippen LogP contribution in [0.2, 0.25) is 0 Å². The van der Waals surface area contributed by atoms with Gasteiger partial charge in [-0.15, -0.1) is 0 Å². The number of fused-ring (bicyclic) bond motifs is 1. The molecule has 4 aromatic rings. The first-order valence-corrected chi connectivity index (χ1v) is 11.9. The van der Waals surface area contributed by atoms with Gasteiger partial charge in [0.2, 0.25) is 0 Å². The Morgan fingerprint density at radius 1 is 1.06 bits per heavy atom. The maximum atomic E-state index is 13.3. The van der Waals surface area contributed by atoms with Gasteiger partial charge in [0.25, 0.3) is 5.78 Å². The lowest BCUT2D eigenvalue weighted by Gasteiger charge is -2.23. The Bertz CT molecular complexity index is 1470. The van der Waals surface area contributed by atoms with Gasteiger partial charge in [-0.25, -0.2) is 4.98 Å². The van der Waals surface area contributed by atoms with Gasteiger partial charge >= 0.3 is 5.91 Å². The molecule has 1 aliphatic heterocycles. The number of Topliss-reactive ketones (excluding diaryl/α,β-unsaturated/α-hetero) is 1. The number of benzene rings is 3. The van der Waals surface area contributed by atoms with Gasteiger partial charge < -0.3 is 14.9 Å². The molecule has 1 saturated heterocycles. The fourth-order valence-corrected chi connectivity index (χ4v) is 5.24. The number of phenolic OH excluding ortho intramolecular Hbond substituents is 1. The summed E-state index contributed by atoms with van der Waals surface area (Å²) in [4.78, 5) is 32.6. The Morgan fingerprint density at radius 3 is 2.43 bits per heavy atom. The van der Waals surface area contributed by atoms with Crippen molar-refractivity contribution in [3.05, 3.63) is 89.0 Å². The van der Waals surface area contributed by atoms with E-state index < -0.39 is 17.7 Å². The molecular weight excluding hydrogens is 464 g/mol. The molecule has 0 radical (unpaired) electrons. The molecule has 5 rings (SSSR count). The maximum absolute atomic E-state index is 13.3. The van der Waals surface area contributed by atoms with Crippen molar-refractivity contribution in [2.24, 2.45) is 0 Å². The van der Waals surface area contributed by atoms with Crippen LogP contribution in [0.4, 0.5) is 5.13 Å². The predicted octanol–water partition coefficient (Wildman–Crippen LogP) is 5.20. The van der Waals surface area contributed by atoms with Crippen molar-refractivity contribution in [3.8, 4) is 11.5 Å². The lowest BCUT2D eigenvalue weighted by Crippen LogP contribution is -2.29. The van der Waals surface area contributed by atoms with E-state index in [0.29, 0.717) is 22.0 Å². The number of thiazole rings is 1. The molecule has 3 aromatic carbocycles. The van der Waals surface area contributed by atoms with Crippen LogP contribution in [-0.2, 0) is 16.0 Å². The largest absolute Gasteiger partial charge is 0.508 e. The van der Waals surface area contributed by atoms with Crippen LogP contribution in [0.15, 0.2) is 72.3 Å². The van der Waals surface area contributed by atoms with Crippen molar-refractivity contribution in [1.82, 2.24) is 4.98 Å². The average molecular weight is 487 g/mol. The summed E-state index contributed by atoms with van der Waals surface area (Å²) >= 11 is 1.32. The second-order valence-electron chi connectivity index (χ2n) is 8.14. The molecule has 1 fully saturated rings. The van der Waals surface area contributed by atoms with Crippen LogP contribution < -0.4 is 9.64 Å². The van der Waals surface area contributed by atoms with E-state index in [1.807, 2.05) is 18.2 Å². The van der Waals surface area contributed by atoms with Gasteiger partial charge in [-0.3, -0.25) is 14.5 Å². The van der Waals surface area contributed by atoms with E-state index in [2.05, 4.69) is 11.9 Å². The van der Waals surface area contributed by atoms with Gasteiger partial charge in [-0.1, -0.05) is 36.5 Å². The minimum absolute atomic E-state index is 0.0423. The Balaban J connectivity index is 1.69. The first-order valence-electron chi connectivity index (χ1n) is 11.0. The third kappa shape index (κ3) is 3.91. The van der Waals surface area contributed by atoms with E-state index in [9.17, 15) is 19.8 Å². The number of aliphatic hydroxyl groups is 1. The number of hydrogen-bond donors (Lipinski definition) is 2. The number of ketones is 1. The number of aromatic nitrogens is 1. The number of phenols is 1. The summed E-state index contributed by atoms with van der Waals surface area (Å²) in [6.07, 6.45) is 0.864. The van der Waals surface area contributed by atoms with Crippen molar-refractivity contribution in [1.29, 1.82) is 0 Å². The summed E-state index contributed by atoms with van der Waals surface area (Å²) in [7, 11) is 1.53. The number of aryl methyl sites for hydroxylation is 1. The van der Waals surface area contributed by atoms with E-state index in [4.69, 9.17) is 4.74 Å². The lowest BCUT2D eigenvalue weighted by atomic mass is 9.95. The fourth-order valence-electron chi connectivity index (χ4n) is 4.19. The monoisotopic (exact) mass is 486 g/mol. The zero-order valence-corrected chi connectivity index (χ0v) is 19.9. The second-order valence-corrected chi connectivity index (χ2v) is 9.15. The molecule has 7 nitrogen and oxygen atoms in total. The van der Waals surface area contributed by atoms with Gasteiger partial charge in [0.05, 0.1) is 28.9 Å². The Labute approximate surface area is 205 Å². The van der Waals surface area contributed by atoms with Gasteiger partial charge in [-0.2, -0.15) is 0 Å². The lowest BCUT2D eigenvalue weighted by molar-refractivity contribution is -0.132. The molecule has 1 amide bonds. The van der Waals surface area contributed by atoms with Crippen molar-refractivity contribution < 1.29 is 24.5 Å². The Hall–Kier alpha value is -4.17. The number of carbonyl (C=O) groups is 2. The van der Waals surface area contributed by atoms with Crippen molar-refractivity contribution in [2.75, 3.05) is 12.0 Å². The summed E-state index contributed by atoms with van der Waals surface area (Å²) in [6, 6.07) is 17.8. The van der Waals surface area contributed by atoms with Crippen molar-refractivity contribution in [3.63, 3.8) is 0 Å². The molecule has 2 heterocycles. The molecule has 35 heavy (non-hydrogen) atoms. The zero-order chi connectivity index (χ0) is 24.7. The quantitative estimate of drug-likeness (QED) is 0.229. The van der Waals surface area contributed by atoms with Crippen LogP contribution in [0.25, 0.3) is 16.0 Å². The van der Waals surface area contributed by atoms with Crippen LogP contribution in [0.3, 0.4) is 0 Å². The van der Waals surface area contributed by atoms with Crippen LogP contribution >= 0.6 is 11.3 Å². The number of anilines is 1. The molecule has 1 atom stereocenters. The molecule has 0 saturated carbocycles. The number of aliphatic hydroxyl groups excluding tert-OH is 1. The number of hydrogen-bond acceptors (Lipinski definition) is 7. The number of rotatable bonds is 5. The number of amides is 1. The molecule has 1 aliphatic rings. The number of ether oxygens (including phenoxy) is 1. The Kier molecular flexibility index (Phi) is 5.74. The molecule has 8 heteroatoms. The summed E-state index contributed by atoms with van der Waals surface area (Å²) in [6.45, 7) is 2.06. The first kappa shape index (κ1) is 22.6. The molecule has 176 valence electrons. The highest BCUT2D eigenvalue weighted by atomic mass is 32.1. The number of methoxy groups -OCH3 is 1. The fraction of sp³-hybridized carbons (Fsp3) is 0.148. The van der Waals surface area contributed by atoms with E-state index in [0.717, 1.165) is 22.2 Å². The van der Waals surface area contributed by atoms with Gasteiger partial charge in [0, 0.05) is 5.56 Å². The predicted molar refractivity (Wildman–Crippen MR) is 135 cm³/mol. The normalized spacial score (nSPS) is 17.3. The third-order valence-electron chi connectivity index (χ3n) is 6.07. The number of carbonyl (C=O) groups excluding carboxylic acids is 2. The molecule has 0 aliphatic carbocycles. The Morgan fingerprint density at radius 2 is 1.77 bits per heavy atom. The average Bonchev–Trinajstić information content (AvgIpc) is 3.41. The summed E-state index contributed by atoms with van der Waals surface area (Å²) in [5.41, 5.74) is 2.77. The number of nitrogens with zero attached hydrogens (tertiary/aromatic N) is 2. The first-order chi connectivity index (χ1) is 16.9. The van der Waals surface area contributed by atoms with E-state index in [1.165, 1.54) is 35.5 Å². The smallest absolute Gasteiger partial charge is 0.301 e. The minimum Gasteiger partial charge on any atom is -0.508 e. The maximum Gasteiger partial charge on any atom is 0.301 e. The van der Waals surface area contributed by atoms with Crippen LogP contribution in [-0.4, -0.2) is 34.0 Å². The standard InChI is InChI=1S/C27H22N2O5S/c1-3-15-4-13-20-21(14-15)35-27(28-20)29-23(16-5-9-18(30)10-6-16)22(25(32)26(29)33)24(31)17-7-11-19(34-2)12-8-17/h4-14,23,30-31H,3H2,1-2H3/b24-22+. The van der Waals surface area contributed by atoms with Crippen LogP contribution in [0.1, 0.15) is 29.7 Å². The second kappa shape index (κ2) is 8.88. The highest BCUT2D eigenvalue weighted by molar-refractivity contribution is 7.22. The highest BCUT2D eigenvalue weighted by Crippen LogP contribution is 2.44. The molecular formula is C27H22N2O5S. The molecule has 1 unspecified atom stereocenters. The van der Waals surface area contributed by atoms with Gasteiger partial charge in [0.15, 0.2) is 5.13 Å². The van der Waals surface area contributed by atoms with Gasteiger partial charge in [0.1, 0.15) is 17.3 Å². The molecule has 2 N–H and O–H groups in total. The summed E-state index contributed by atoms with van der Waals surface area (Å²) < 4.78 is 6.08. The topological polar surface area (TPSA) is 100.0 Å².